The van der Waals surface area contributed by atoms with Crippen LogP contribution >= 0.6 is 0 Å². The van der Waals surface area contributed by atoms with E-state index in [2.05, 4.69) is 0 Å². The first-order chi connectivity index (χ1) is 13.4. The van der Waals surface area contributed by atoms with Crippen LogP contribution in [0.15, 0.2) is 60.2 Å². The van der Waals surface area contributed by atoms with Gasteiger partial charge in [0.05, 0.1) is 11.6 Å². The quantitative estimate of drug-likeness (QED) is 0.476. The van der Waals surface area contributed by atoms with Crippen LogP contribution in [-0.4, -0.2) is 53.8 Å². The van der Waals surface area contributed by atoms with E-state index in [0.717, 1.165) is 24.1 Å². The molecule has 1 fully saturated rings. The number of likely N-dealkylation sites (tertiary alicyclic amines) is 1. The highest BCUT2D eigenvalue weighted by Crippen LogP contribution is 2.39. The Morgan fingerprint density at radius 3 is 2.29 bits per heavy atom. The minimum atomic E-state index is -0.628. The summed E-state index contributed by atoms with van der Waals surface area (Å²) < 4.78 is 0. The fraction of sp³-hybridized carbons (Fsp3) is 0.304. The average Bonchev–Trinajstić information content (AvgIpc) is 2.93. The van der Waals surface area contributed by atoms with Gasteiger partial charge >= 0.3 is 0 Å². The summed E-state index contributed by atoms with van der Waals surface area (Å²) in [5, 5.41) is 10.9. The third kappa shape index (κ3) is 3.99. The van der Waals surface area contributed by atoms with E-state index in [0.29, 0.717) is 12.1 Å². The summed E-state index contributed by atoms with van der Waals surface area (Å²) in [6, 6.07) is 16.1. The molecule has 1 heterocycles. The molecule has 0 saturated carbocycles. The molecule has 1 saturated heterocycles. The second kappa shape index (κ2) is 8.40. The molecular formula is C23H26N2O3. The number of ketones is 1. The van der Waals surface area contributed by atoms with Gasteiger partial charge < -0.3 is 14.9 Å². The van der Waals surface area contributed by atoms with Crippen molar-refractivity contribution in [1.82, 2.24) is 9.80 Å². The monoisotopic (exact) mass is 378 g/mol. The van der Waals surface area contributed by atoms with Crippen molar-refractivity contribution in [2.45, 2.75) is 19.4 Å². The van der Waals surface area contributed by atoms with Gasteiger partial charge in [-0.25, -0.2) is 0 Å². The Bertz CT molecular complexity index is 886. The van der Waals surface area contributed by atoms with Crippen LogP contribution in [0.3, 0.4) is 0 Å². The van der Waals surface area contributed by atoms with Crippen molar-refractivity contribution in [3.63, 3.8) is 0 Å². The Morgan fingerprint density at radius 2 is 1.68 bits per heavy atom. The van der Waals surface area contributed by atoms with Gasteiger partial charge in [0, 0.05) is 12.1 Å². The summed E-state index contributed by atoms with van der Waals surface area (Å²) in [6.07, 6.45) is 0.744. The second-order valence-corrected chi connectivity index (χ2v) is 7.43. The molecule has 28 heavy (non-hydrogen) atoms. The number of aliphatic hydroxyl groups excluding tert-OH is 1. The molecule has 5 nitrogen and oxygen atoms in total. The number of hydrogen-bond acceptors (Lipinski definition) is 4. The molecular weight excluding hydrogens is 352 g/mol. The zero-order valence-corrected chi connectivity index (χ0v) is 16.6. The fourth-order valence-corrected chi connectivity index (χ4v) is 3.52. The van der Waals surface area contributed by atoms with E-state index in [-0.39, 0.29) is 11.3 Å². The number of hydrogen-bond donors (Lipinski definition) is 1. The molecule has 2 aromatic carbocycles. The minimum absolute atomic E-state index is 0.123. The van der Waals surface area contributed by atoms with E-state index in [4.69, 9.17) is 0 Å². The number of Topliss-reactive ketones (excluding diaryl/α,β-unsaturated/α-hetero) is 1. The largest absolute Gasteiger partial charge is 0.507 e. The van der Waals surface area contributed by atoms with E-state index < -0.39 is 17.7 Å². The lowest BCUT2D eigenvalue weighted by Crippen LogP contribution is -2.32. The first-order valence-electron chi connectivity index (χ1n) is 9.45. The zero-order chi connectivity index (χ0) is 20.3. The number of carbonyl (C=O) groups excluding carboxylic acids is 2. The SMILES string of the molecule is Cc1ccc(/C(O)=C2\C(=O)C(=O)N(CCCN(C)C)[C@@H]2c2ccccc2)cc1. The van der Waals surface area contributed by atoms with E-state index in [1.54, 1.807) is 17.0 Å². The van der Waals surface area contributed by atoms with E-state index in [1.165, 1.54) is 0 Å². The summed E-state index contributed by atoms with van der Waals surface area (Å²) in [6.45, 7) is 3.22. The Balaban J connectivity index is 2.06. The maximum absolute atomic E-state index is 12.9. The van der Waals surface area contributed by atoms with Gasteiger partial charge in [-0.3, -0.25) is 9.59 Å². The third-order valence-corrected chi connectivity index (χ3v) is 4.98. The molecule has 0 aliphatic carbocycles. The predicted molar refractivity (Wildman–Crippen MR) is 110 cm³/mol. The van der Waals surface area contributed by atoms with Crippen molar-refractivity contribution < 1.29 is 14.7 Å². The highest BCUT2D eigenvalue weighted by molar-refractivity contribution is 6.46. The first-order valence-corrected chi connectivity index (χ1v) is 9.45. The van der Waals surface area contributed by atoms with Crippen molar-refractivity contribution in [1.29, 1.82) is 0 Å². The van der Waals surface area contributed by atoms with E-state index >= 15 is 0 Å². The topological polar surface area (TPSA) is 60.9 Å². The van der Waals surface area contributed by atoms with Gasteiger partial charge in [-0.15, -0.1) is 0 Å². The molecule has 0 bridgehead atoms. The lowest BCUT2D eigenvalue weighted by atomic mass is 9.95. The summed E-state index contributed by atoms with van der Waals surface area (Å²) in [7, 11) is 3.94. The molecule has 1 atom stereocenters. The van der Waals surface area contributed by atoms with Crippen molar-refractivity contribution >= 4 is 17.4 Å². The van der Waals surface area contributed by atoms with Gasteiger partial charge in [0.15, 0.2) is 0 Å². The standard InChI is InChI=1S/C23H26N2O3/c1-16-10-12-18(13-11-16)21(26)19-20(17-8-5-4-6-9-17)25(23(28)22(19)27)15-7-14-24(2)3/h4-6,8-13,20,26H,7,14-15H2,1-3H3/b21-19+/t20-/m1/s1. The van der Waals surface area contributed by atoms with Crippen LogP contribution in [0.4, 0.5) is 0 Å². The zero-order valence-electron chi connectivity index (χ0n) is 16.6. The Kier molecular flexibility index (Phi) is 5.95. The number of benzene rings is 2. The first kappa shape index (κ1) is 19.8. The Morgan fingerprint density at radius 1 is 1.04 bits per heavy atom. The molecule has 1 aliphatic rings. The summed E-state index contributed by atoms with van der Waals surface area (Å²) in [5.74, 6) is -1.31. The van der Waals surface area contributed by atoms with Crippen LogP contribution in [0.5, 0.6) is 0 Å². The van der Waals surface area contributed by atoms with Gasteiger partial charge in [0.25, 0.3) is 11.7 Å². The minimum Gasteiger partial charge on any atom is -0.507 e. The molecule has 1 aliphatic heterocycles. The second-order valence-electron chi connectivity index (χ2n) is 7.43. The van der Waals surface area contributed by atoms with Gasteiger partial charge in [-0.2, -0.15) is 0 Å². The average molecular weight is 378 g/mol. The van der Waals surface area contributed by atoms with Crippen LogP contribution in [-0.2, 0) is 9.59 Å². The lowest BCUT2D eigenvalue weighted by Gasteiger charge is -2.26. The molecule has 0 unspecified atom stereocenters. The molecule has 1 amide bonds. The van der Waals surface area contributed by atoms with Crippen LogP contribution in [0, 0.1) is 6.92 Å². The molecule has 0 spiro atoms. The summed E-state index contributed by atoms with van der Waals surface area (Å²) in [5.41, 5.74) is 2.57. The molecule has 2 aromatic rings. The highest BCUT2D eigenvalue weighted by atomic mass is 16.3. The van der Waals surface area contributed by atoms with Crippen LogP contribution in [0.2, 0.25) is 0 Å². The number of rotatable bonds is 6. The Labute approximate surface area is 165 Å². The van der Waals surface area contributed by atoms with E-state index in [1.807, 2.05) is 68.4 Å². The third-order valence-electron chi connectivity index (χ3n) is 4.98. The Hall–Kier alpha value is -2.92. The number of aliphatic hydroxyl groups is 1. The van der Waals surface area contributed by atoms with Crippen LogP contribution < -0.4 is 0 Å². The number of aryl methyl sites for hydroxylation is 1. The summed E-state index contributed by atoms with van der Waals surface area (Å²) in [4.78, 5) is 29.3. The van der Waals surface area contributed by atoms with Gasteiger partial charge in [-0.05, 0) is 39.5 Å². The molecule has 3 rings (SSSR count). The normalized spacial score (nSPS) is 18.9. The van der Waals surface area contributed by atoms with Crippen molar-refractivity contribution in [3.05, 3.63) is 76.9 Å². The van der Waals surface area contributed by atoms with Crippen molar-refractivity contribution in [3.8, 4) is 0 Å². The lowest BCUT2D eigenvalue weighted by molar-refractivity contribution is -0.139. The number of carbonyl (C=O) groups is 2. The van der Waals surface area contributed by atoms with Crippen LogP contribution in [0.1, 0.15) is 29.2 Å². The van der Waals surface area contributed by atoms with Crippen LogP contribution in [0.25, 0.3) is 5.76 Å². The van der Waals surface area contributed by atoms with E-state index in [9.17, 15) is 14.7 Å². The van der Waals surface area contributed by atoms with Crippen molar-refractivity contribution in [2.24, 2.45) is 0 Å². The maximum Gasteiger partial charge on any atom is 0.295 e. The van der Waals surface area contributed by atoms with Gasteiger partial charge in [-0.1, -0.05) is 60.2 Å². The summed E-state index contributed by atoms with van der Waals surface area (Å²) >= 11 is 0. The number of amides is 1. The number of nitrogens with zero attached hydrogens (tertiary/aromatic N) is 2. The molecule has 0 radical (unpaired) electrons. The fourth-order valence-electron chi connectivity index (χ4n) is 3.52. The predicted octanol–water partition coefficient (Wildman–Crippen LogP) is 3.37. The van der Waals surface area contributed by atoms with Crippen molar-refractivity contribution in [2.75, 3.05) is 27.2 Å². The molecule has 146 valence electrons. The van der Waals surface area contributed by atoms with Gasteiger partial charge in [0.1, 0.15) is 5.76 Å². The highest BCUT2D eigenvalue weighted by Gasteiger charge is 2.45. The molecule has 0 aromatic heterocycles. The molecule has 5 heteroatoms. The molecule has 1 N–H and O–H groups in total. The smallest absolute Gasteiger partial charge is 0.295 e. The van der Waals surface area contributed by atoms with Gasteiger partial charge in [0.2, 0.25) is 0 Å². The maximum atomic E-state index is 12.9.